The van der Waals surface area contributed by atoms with E-state index in [0.717, 1.165) is 75.5 Å². The molecule has 1 atom stereocenters. The van der Waals surface area contributed by atoms with Crippen molar-refractivity contribution in [1.29, 1.82) is 0 Å². The fraction of sp³-hybridized carbons (Fsp3) is 0.942. The number of ether oxygens (including phenoxy) is 3. The summed E-state index contributed by atoms with van der Waals surface area (Å²) in [5.74, 6) is 1.58. The lowest BCUT2D eigenvalue weighted by atomic mass is 10.0. The molecule has 0 aliphatic heterocycles. The maximum absolute atomic E-state index is 12.8. The standard InChI is InChI=1S/C52H100O6/c1-46(2)38-32-26-20-16-12-8-7-9-15-19-23-31-37-43-52(55)58-49(45-57-51(54)42-36-30-25-24-28-34-40-48(5)6)44-56-50(53)41-35-29-22-18-14-11-10-13-17-21-27-33-39-47(3)4/h46-49H,7-45H2,1-6H3/t49-/m0/s1. The quantitative estimate of drug-likeness (QED) is 0.0346. The van der Waals surface area contributed by atoms with Crippen LogP contribution in [0.25, 0.3) is 0 Å². The fourth-order valence-electron chi connectivity index (χ4n) is 7.76. The van der Waals surface area contributed by atoms with Gasteiger partial charge in [0.05, 0.1) is 0 Å². The molecule has 0 N–H and O–H groups in total. The van der Waals surface area contributed by atoms with Crippen LogP contribution in [0.3, 0.4) is 0 Å². The molecule has 0 aliphatic rings. The number of carbonyl (C=O) groups is 3. The molecular weight excluding hydrogens is 721 g/mol. The molecule has 0 saturated heterocycles. The number of unbranched alkanes of at least 4 members (excludes halogenated alkanes) is 28. The van der Waals surface area contributed by atoms with Crippen LogP contribution in [0.1, 0.15) is 279 Å². The highest BCUT2D eigenvalue weighted by Gasteiger charge is 2.19. The van der Waals surface area contributed by atoms with Gasteiger partial charge in [-0.1, -0.05) is 241 Å². The van der Waals surface area contributed by atoms with Crippen molar-refractivity contribution in [2.24, 2.45) is 17.8 Å². The van der Waals surface area contributed by atoms with Gasteiger partial charge >= 0.3 is 17.9 Å². The molecule has 0 aromatic rings. The Morgan fingerprint density at radius 1 is 0.293 bits per heavy atom. The Bertz CT molecular complexity index is 898. The Morgan fingerprint density at radius 3 is 0.741 bits per heavy atom. The highest BCUT2D eigenvalue weighted by molar-refractivity contribution is 5.71. The van der Waals surface area contributed by atoms with E-state index in [4.69, 9.17) is 14.2 Å². The monoisotopic (exact) mass is 821 g/mol. The van der Waals surface area contributed by atoms with E-state index in [1.54, 1.807) is 0 Å². The molecule has 6 nitrogen and oxygen atoms in total. The van der Waals surface area contributed by atoms with Gasteiger partial charge in [-0.2, -0.15) is 0 Å². The van der Waals surface area contributed by atoms with E-state index in [0.29, 0.717) is 19.3 Å². The molecule has 0 radical (unpaired) electrons. The summed E-state index contributed by atoms with van der Waals surface area (Å²) in [6.07, 6.45) is 42.5. The van der Waals surface area contributed by atoms with E-state index < -0.39 is 6.10 Å². The molecule has 0 rings (SSSR count). The van der Waals surface area contributed by atoms with Crippen LogP contribution in [-0.4, -0.2) is 37.2 Å². The summed E-state index contributed by atoms with van der Waals surface area (Å²) in [6, 6.07) is 0. The van der Waals surface area contributed by atoms with Crippen molar-refractivity contribution < 1.29 is 28.6 Å². The van der Waals surface area contributed by atoms with Gasteiger partial charge in [0.15, 0.2) is 6.10 Å². The zero-order valence-corrected chi connectivity index (χ0v) is 39.8. The zero-order valence-electron chi connectivity index (χ0n) is 39.8. The summed E-state index contributed by atoms with van der Waals surface area (Å²) in [4.78, 5) is 37.9. The first-order chi connectivity index (χ1) is 28.1. The molecule has 0 spiro atoms. The lowest BCUT2D eigenvalue weighted by Gasteiger charge is -2.18. The normalized spacial score (nSPS) is 12.2. The largest absolute Gasteiger partial charge is 0.462 e. The first-order valence-electron chi connectivity index (χ1n) is 25.6. The van der Waals surface area contributed by atoms with Crippen LogP contribution in [0.2, 0.25) is 0 Å². The predicted molar refractivity (Wildman–Crippen MR) is 247 cm³/mol. The Kier molecular flexibility index (Phi) is 42.3. The highest BCUT2D eigenvalue weighted by Crippen LogP contribution is 2.17. The van der Waals surface area contributed by atoms with Crippen LogP contribution in [0, 0.1) is 17.8 Å². The summed E-state index contributed by atoms with van der Waals surface area (Å²) in [6.45, 7) is 13.7. The molecule has 0 unspecified atom stereocenters. The average molecular weight is 821 g/mol. The van der Waals surface area contributed by atoms with Gasteiger partial charge < -0.3 is 14.2 Å². The van der Waals surface area contributed by atoms with Crippen molar-refractivity contribution in [3.8, 4) is 0 Å². The molecule has 0 aromatic heterocycles. The Balaban J connectivity index is 4.28. The van der Waals surface area contributed by atoms with E-state index in [-0.39, 0.29) is 31.1 Å². The van der Waals surface area contributed by atoms with Gasteiger partial charge in [0, 0.05) is 19.3 Å². The van der Waals surface area contributed by atoms with Gasteiger partial charge in [0.2, 0.25) is 0 Å². The predicted octanol–water partition coefficient (Wildman–Crippen LogP) is 16.4. The lowest BCUT2D eigenvalue weighted by Crippen LogP contribution is -2.30. The van der Waals surface area contributed by atoms with Crippen LogP contribution in [0.5, 0.6) is 0 Å². The Labute approximate surface area is 361 Å². The van der Waals surface area contributed by atoms with Crippen LogP contribution in [0.4, 0.5) is 0 Å². The third-order valence-corrected chi connectivity index (χ3v) is 11.6. The van der Waals surface area contributed by atoms with Crippen LogP contribution in [-0.2, 0) is 28.6 Å². The van der Waals surface area contributed by atoms with E-state index in [9.17, 15) is 14.4 Å². The minimum atomic E-state index is -0.763. The maximum Gasteiger partial charge on any atom is 0.306 e. The molecule has 0 fully saturated rings. The van der Waals surface area contributed by atoms with Gasteiger partial charge in [0.1, 0.15) is 13.2 Å². The topological polar surface area (TPSA) is 78.9 Å². The number of carbonyl (C=O) groups excluding carboxylic acids is 3. The first-order valence-corrected chi connectivity index (χ1v) is 25.6. The molecule has 0 aliphatic carbocycles. The SMILES string of the molecule is CC(C)CCCCCCCCCCCCCCCC(=O)O[C@@H](COC(=O)CCCCCCCCCCCCCCC(C)C)COC(=O)CCCCCCCCC(C)C. The minimum absolute atomic E-state index is 0.0654. The second-order valence-corrected chi connectivity index (χ2v) is 19.2. The molecule has 0 amide bonds. The minimum Gasteiger partial charge on any atom is -0.462 e. The number of esters is 3. The van der Waals surface area contributed by atoms with Gasteiger partial charge in [-0.3, -0.25) is 14.4 Å². The first kappa shape index (κ1) is 56.4. The van der Waals surface area contributed by atoms with Crippen LogP contribution >= 0.6 is 0 Å². The molecule has 344 valence electrons. The summed E-state index contributed by atoms with van der Waals surface area (Å²) >= 11 is 0. The fourth-order valence-corrected chi connectivity index (χ4v) is 7.76. The van der Waals surface area contributed by atoms with Gasteiger partial charge in [0.25, 0.3) is 0 Å². The second-order valence-electron chi connectivity index (χ2n) is 19.2. The highest BCUT2D eigenvalue weighted by atomic mass is 16.6. The van der Waals surface area contributed by atoms with E-state index in [1.165, 1.54) is 161 Å². The molecule has 6 heteroatoms. The van der Waals surface area contributed by atoms with E-state index in [2.05, 4.69) is 41.5 Å². The van der Waals surface area contributed by atoms with Crippen molar-refractivity contribution in [3.63, 3.8) is 0 Å². The molecule has 58 heavy (non-hydrogen) atoms. The molecule has 0 saturated carbocycles. The molecule has 0 aromatic carbocycles. The second kappa shape index (κ2) is 43.5. The van der Waals surface area contributed by atoms with Gasteiger partial charge in [-0.15, -0.1) is 0 Å². The number of hydrogen-bond donors (Lipinski definition) is 0. The van der Waals surface area contributed by atoms with Gasteiger partial charge in [-0.25, -0.2) is 0 Å². The van der Waals surface area contributed by atoms with Gasteiger partial charge in [-0.05, 0) is 37.0 Å². The zero-order chi connectivity index (χ0) is 42.7. The van der Waals surface area contributed by atoms with Crippen molar-refractivity contribution >= 4 is 17.9 Å². The van der Waals surface area contributed by atoms with E-state index >= 15 is 0 Å². The van der Waals surface area contributed by atoms with Crippen molar-refractivity contribution in [2.75, 3.05) is 13.2 Å². The third-order valence-electron chi connectivity index (χ3n) is 11.6. The third kappa shape index (κ3) is 45.5. The summed E-state index contributed by atoms with van der Waals surface area (Å²) in [5, 5.41) is 0. The Morgan fingerprint density at radius 2 is 0.500 bits per heavy atom. The van der Waals surface area contributed by atoms with E-state index in [1.807, 2.05) is 0 Å². The smallest absolute Gasteiger partial charge is 0.306 e. The molecule has 0 heterocycles. The summed E-state index contributed by atoms with van der Waals surface area (Å²) in [7, 11) is 0. The Hall–Kier alpha value is -1.59. The number of hydrogen-bond acceptors (Lipinski definition) is 6. The molecular formula is C52H100O6. The lowest BCUT2D eigenvalue weighted by molar-refractivity contribution is -0.167. The summed E-state index contributed by atoms with van der Waals surface area (Å²) in [5.41, 5.74) is 0. The average Bonchev–Trinajstić information content (AvgIpc) is 3.18. The van der Waals surface area contributed by atoms with Crippen molar-refractivity contribution in [1.82, 2.24) is 0 Å². The maximum atomic E-state index is 12.8. The number of rotatable bonds is 45. The van der Waals surface area contributed by atoms with Crippen LogP contribution in [0.15, 0.2) is 0 Å². The van der Waals surface area contributed by atoms with Crippen LogP contribution < -0.4 is 0 Å². The van der Waals surface area contributed by atoms with Crippen molar-refractivity contribution in [2.45, 2.75) is 285 Å². The van der Waals surface area contributed by atoms with Crippen molar-refractivity contribution in [3.05, 3.63) is 0 Å². The molecule has 0 bridgehead atoms. The summed E-state index contributed by atoms with van der Waals surface area (Å²) < 4.78 is 16.8.